The van der Waals surface area contributed by atoms with Crippen molar-refractivity contribution in [2.45, 2.75) is 45.6 Å². The molecule has 0 aliphatic carbocycles. The summed E-state index contributed by atoms with van der Waals surface area (Å²) < 4.78 is 0.748. The summed E-state index contributed by atoms with van der Waals surface area (Å²) in [5.41, 5.74) is 5.68. The molecule has 0 aliphatic heterocycles. The van der Waals surface area contributed by atoms with Gasteiger partial charge in [0.05, 0.1) is 0 Å². The second-order valence-corrected chi connectivity index (χ2v) is 4.76. The van der Waals surface area contributed by atoms with E-state index in [4.69, 9.17) is 5.73 Å². The molecule has 0 fully saturated rings. The fourth-order valence-corrected chi connectivity index (χ4v) is 1.81. The van der Waals surface area contributed by atoms with Gasteiger partial charge in [-0.2, -0.15) is 0 Å². The highest BCUT2D eigenvalue weighted by Gasteiger charge is 2.08. The second kappa shape index (κ2) is 6.68. The molecule has 4 nitrogen and oxygen atoms in total. The Labute approximate surface area is 105 Å². The van der Waals surface area contributed by atoms with Gasteiger partial charge in [-0.25, -0.2) is 9.97 Å². The lowest BCUT2D eigenvalue weighted by Crippen LogP contribution is -2.16. The molecular formula is C11H19BrN4. The van der Waals surface area contributed by atoms with Gasteiger partial charge in [0.1, 0.15) is 22.4 Å². The molecule has 1 rings (SSSR count). The number of hydrogen-bond donors (Lipinski definition) is 2. The summed E-state index contributed by atoms with van der Waals surface area (Å²) in [6.45, 7) is 4.36. The number of rotatable bonds is 6. The maximum atomic E-state index is 5.68. The van der Waals surface area contributed by atoms with Crippen LogP contribution in [0.3, 0.4) is 0 Å². The van der Waals surface area contributed by atoms with Gasteiger partial charge in [-0.05, 0) is 29.3 Å². The smallest absolute Gasteiger partial charge is 0.146 e. The largest absolute Gasteiger partial charge is 0.383 e. The van der Waals surface area contributed by atoms with E-state index in [-0.39, 0.29) is 0 Å². The first kappa shape index (κ1) is 13.2. The summed E-state index contributed by atoms with van der Waals surface area (Å²) in [6.07, 6.45) is 6.38. The zero-order valence-electron chi connectivity index (χ0n) is 9.83. The van der Waals surface area contributed by atoms with Gasteiger partial charge in [0.25, 0.3) is 0 Å². The number of halogens is 1. The van der Waals surface area contributed by atoms with E-state index in [9.17, 15) is 0 Å². The van der Waals surface area contributed by atoms with Crippen molar-refractivity contribution >= 4 is 27.6 Å². The van der Waals surface area contributed by atoms with Gasteiger partial charge < -0.3 is 11.1 Å². The summed E-state index contributed by atoms with van der Waals surface area (Å²) in [7, 11) is 0. The molecule has 0 aliphatic rings. The first-order chi connectivity index (χ1) is 7.65. The molecule has 0 amide bonds. The molecule has 5 heteroatoms. The van der Waals surface area contributed by atoms with Gasteiger partial charge in [0.15, 0.2) is 0 Å². The Morgan fingerprint density at radius 1 is 1.44 bits per heavy atom. The van der Waals surface area contributed by atoms with Gasteiger partial charge in [-0.3, -0.25) is 0 Å². The average Bonchev–Trinajstić information content (AvgIpc) is 2.25. The highest BCUT2D eigenvalue weighted by Crippen LogP contribution is 2.24. The minimum absolute atomic E-state index is 0.400. The maximum Gasteiger partial charge on any atom is 0.146 e. The summed E-state index contributed by atoms with van der Waals surface area (Å²) in [5, 5.41) is 3.33. The van der Waals surface area contributed by atoms with Crippen LogP contribution in [0.2, 0.25) is 0 Å². The SMILES string of the molecule is CCCCCC(C)Nc1ncnc(N)c1Br. The predicted molar refractivity (Wildman–Crippen MR) is 71.4 cm³/mol. The van der Waals surface area contributed by atoms with Gasteiger partial charge >= 0.3 is 0 Å². The molecule has 90 valence electrons. The van der Waals surface area contributed by atoms with Gasteiger partial charge in [0, 0.05) is 6.04 Å². The third kappa shape index (κ3) is 3.96. The Bertz CT molecular complexity index is 330. The molecule has 3 N–H and O–H groups in total. The molecule has 1 aromatic rings. The maximum absolute atomic E-state index is 5.68. The second-order valence-electron chi connectivity index (χ2n) is 3.96. The van der Waals surface area contributed by atoms with E-state index in [2.05, 4.69) is 45.1 Å². The lowest BCUT2D eigenvalue weighted by molar-refractivity contribution is 0.613. The Morgan fingerprint density at radius 3 is 2.88 bits per heavy atom. The molecule has 1 unspecified atom stereocenters. The Kier molecular flexibility index (Phi) is 5.52. The van der Waals surface area contributed by atoms with Gasteiger partial charge in [-0.1, -0.05) is 26.2 Å². The monoisotopic (exact) mass is 286 g/mol. The number of nitrogen functional groups attached to an aromatic ring is 1. The van der Waals surface area contributed by atoms with E-state index in [1.165, 1.54) is 25.6 Å². The van der Waals surface area contributed by atoms with Gasteiger partial charge in [-0.15, -0.1) is 0 Å². The lowest BCUT2D eigenvalue weighted by atomic mass is 10.1. The zero-order chi connectivity index (χ0) is 12.0. The minimum atomic E-state index is 0.400. The van der Waals surface area contributed by atoms with Crippen LogP contribution in [-0.4, -0.2) is 16.0 Å². The van der Waals surface area contributed by atoms with Crippen LogP contribution in [0.1, 0.15) is 39.5 Å². The number of nitrogens with zero attached hydrogens (tertiary/aromatic N) is 2. The Hall–Kier alpha value is -0.840. The third-order valence-corrected chi connectivity index (χ3v) is 3.22. The molecule has 1 aromatic heterocycles. The topological polar surface area (TPSA) is 63.8 Å². The number of aromatic nitrogens is 2. The Morgan fingerprint density at radius 2 is 2.19 bits per heavy atom. The molecule has 1 atom stereocenters. The van der Waals surface area contributed by atoms with Crippen LogP contribution < -0.4 is 11.1 Å². The van der Waals surface area contributed by atoms with Crippen molar-refractivity contribution < 1.29 is 0 Å². The fraction of sp³-hybridized carbons (Fsp3) is 0.636. The van der Waals surface area contributed by atoms with Crippen molar-refractivity contribution in [2.24, 2.45) is 0 Å². The van der Waals surface area contributed by atoms with Crippen LogP contribution in [0.15, 0.2) is 10.8 Å². The summed E-state index contributed by atoms with van der Waals surface area (Å²) in [4.78, 5) is 8.06. The van der Waals surface area contributed by atoms with Crippen molar-refractivity contribution in [1.29, 1.82) is 0 Å². The van der Waals surface area contributed by atoms with Crippen molar-refractivity contribution in [3.8, 4) is 0 Å². The minimum Gasteiger partial charge on any atom is -0.383 e. The van der Waals surface area contributed by atoms with Crippen molar-refractivity contribution in [3.63, 3.8) is 0 Å². The van der Waals surface area contributed by atoms with Crippen LogP contribution in [0.5, 0.6) is 0 Å². The molecule has 0 saturated carbocycles. The first-order valence-electron chi connectivity index (χ1n) is 5.67. The normalized spacial score (nSPS) is 12.4. The number of hydrogen-bond acceptors (Lipinski definition) is 4. The number of nitrogens with one attached hydrogen (secondary N) is 1. The van der Waals surface area contributed by atoms with E-state index >= 15 is 0 Å². The number of nitrogens with two attached hydrogens (primary N) is 1. The Balaban J connectivity index is 2.49. The van der Waals surface area contributed by atoms with E-state index in [0.29, 0.717) is 11.9 Å². The highest BCUT2D eigenvalue weighted by atomic mass is 79.9. The lowest BCUT2D eigenvalue weighted by Gasteiger charge is -2.15. The van der Waals surface area contributed by atoms with Crippen LogP contribution in [0.4, 0.5) is 11.6 Å². The third-order valence-electron chi connectivity index (χ3n) is 2.44. The first-order valence-corrected chi connectivity index (χ1v) is 6.47. The van der Waals surface area contributed by atoms with E-state index in [1.807, 2.05) is 0 Å². The number of anilines is 2. The molecule has 0 bridgehead atoms. The van der Waals surface area contributed by atoms with Crippen molar-refractivity contribution in [1.82, 2.24) is 9.97 Å². The van der Waals surface area contributed by atoms with E-state index in [0.717, 1.165) is 16.7 Å². The highest BCUT2D eigenvalue weighted by molar-refractivity contribution is 9.10. The van der Waals surface area contributed by atoms with E-state index < -0.39 is 0 Å². The van der Waals surface area contributed by atoms with Crippen molar-refractivity contribution in [3.05, 3.63) is 10.8 Å². The molecule has 16 heavy (non-hydrogen) atoms. The summed E-state index contributed by atoms with van der Waals surface area (Å²) in [6, 6.07) is 0.400. The summed E-state index contributed by atoms with van der Waals surface area (Å²) in [5.74, 6) is 1.25. The average molecular weight is 287 g/mol. The van der Waals surface area contributed by atoms with Crippen molar-refractivity contribution in [2.75, 3.05) is 11.1 Å². The quantitative estimate of drug-likeness (QED) is 0.789. The molecule has 0 saturated heterocycles. The van der Waals surface area contributed by atoms with Crippen LogP contribution >= 0.6 is 15.9 Å². The zero-order valence-corrected chi connectivity index (χ0v) is 11.4. The summed E-state index contributed by atoms with van der Waals surface area (Å²) >= 11 is 3.38. The molecule has 1 heterocycles. The molecule has 0 aromatic carbocycles. The van der Waals surface area contributed by atoms with E-state index in [1.54, 1.807) is 0 Å². The predicted octanol–water partition coefficient (Wildman–Crippen LogP) is 3.20. The van der Waals surface area contributed by atoms with Crippen LogP contribution in [-0.2, 0) is 0 Å². The standard InChI is InChI=1S/C11H19BrN4/c1-3-4-5-6-8(2)16-11-9(12)10(13)14-7-15-11/h7-8H,3-6H2,1-2H3,(H3,13,14,15,16). The molecule has 0 spiro atoms. The molecular weight excluding hydrogens is 268 g/mol. The fourth-order valence-electron chi connectivity index (χ4n) is 1.49. The van der Waals surface area contributed by atoms with Gasteiger partial charge in [0.2, 0.25) is 0 Å². The van der Waals surface area contributed by atoms with Crippen LogP contribution in [0.25, 0.3) is 0 Å². The van der Waals surface area contributed by atoms with Crippen LogP contribution in [0, 0.1) is 0 Å². The molecule has 0 radical (unpaired) electrons. The number of unbranched alkanes of at least 4 members (excludes halogenated alkanes) is 2.